The summed E-state index contributed by atoms with van der Waals surface area (Å²) in [5.41, 5.74) is 4.78. The molecule has 2 atom stereocenters. The van der Waals surface area contributed by atoms with Crippen LogP contribution in [0.15, 0.2) is 11.8 Å². The number of ether oxygens (including phenoxy) is 1. The van der Waals surface area contributed by atoms with Crippen molar-refractivity contribution in [3.63, 3.8) is 0 Å². The van der Waals surface area contributed by atoms with Crippen molar-refractivity contribution in [2.75, 3.05) is 0 Å². The van der Waals surface area contributed by atoms with Crippen LogP contribution in [-0.2, 0) is 4.74 Å². The lowest BCUT2D eigenvalue weighted by Gasteiger charge is -2.37. The van der Waals surface area contributed by atoms with Crippen LogP contribution in [0.3, 0.4) is 0 Å². The van der Waals surface area contributed by atoms with E-state index in [1.54, 1.807) is 13.8 Å². The van der Waals surface area contributed by atoms with Gasteiger partial charge in [0, 0.05) is 0 Å². The fraction of sp³-hybridized carbons (Fsp3) is 0.625. The highest BCUT2D eigenvalue weighted by atomic mass is 16.5. The van der Waals surface area contributed by atoms with Gasteiger partial charge in [-0.2, -0.15) is 5.26 Å². The molecule has 66 valence electrons. The van der Waals surface area contributed by atoms with Crippen LogP contribution in [0.2, 0.25) is 0 Å². The number of nitriles is 1. The summed E-state index contributed by atoms with van der Waals surface area (Å²) < 4.78 is 5.18. The summed E-state index contributed by atoms with van der Waals surface area (Å²) in [5, 5.41) is 18.1. The zero-order chi connectivity index (χ0) is 9.35. The van der Waals surface area contributed by atoms with Gasteiger partial charge in [0.05, 0.1) is 6.04 Å². The predicted octanol–water partition coefficient (Wildman–Crippen LogP) is -0.109. The summed E-state index contributed by atoms with van der Waals surface area (Å²) >= 11 is 0. The molecule has 0 bridgehead atoms. The molecule has 1 aliphatic rings. The molecular formula is C8H12N2O2. The zero-order valence-corrected chi connectivity index (χ0v) is 7.11. The molecule has 1 heterocycles. The Morgan fingerprint density at radius 2 is 2.33 bits per heavy atom. The first kappa shape index (κ1) is 9.04. The lowest BCUT2D eigenvalue weighted by molar-refractivity contribution is -0.0818. The number of nitrogens with zero attached hydrogens (tertiary/aromatic N) is 1. The minimum atomic E-state index is -0.779. The van der Waals surface area contributed by atoms with Gasteiger partial charge < -0.3 is 15.6 Å². The Balaban J connectivity index is 2.93. The highest BCUT2D eigenvalue weighted by molar-refractivity contribution is 5.22. The maximum absolute atomic E-state index is 9.51. The monoisotopic (exact) mass is 168 g/mol. The second-order valence-electron chi connectivity index (χ2n) is 3.37. The molecule has 0 fully saturated rings. The molecule has 4 heteroatoms. The predicted molar refractivity (Wildman–Crippen MR) is 42.8 cm³/mol. The zero-order valence-electron chi connectivity index (χ0n) is 7.11. The van der Waals surface area contributed by atoms with Crippen LogP contribution in [-0.4, -0.2) is 22.9 Å². The van der Waals surface area contributed by atoms with Crippen molar-refractivity contribution in [1.29, 1.82) is 5.26 Å². The van der Waals surface area contributed by atoms with Crippen molar-refractivity contribution in [3.8, 4) is 6.07 Å². The van der Waals surface area contributed by atoms with Gasteiger partial charge in [-0.15, -0.1) is 0 Å². The minimum absolute atomic E-state index is 0.179. The van der Waals surface area contributed by atoms with E-state index in [0.717, 1.165) is 0 Å². The number of rotatable bonds is 0. The molecule has 0 aromatic carbocycles. The van der Waals surface area contributed by atoms with Gasteiger partial charge in [-0.3, -0.25) is 0 Å². The van der Waals surface area contributed by atoms with E-state index in [1.165, 1.54) is 6.08 Å². The van der Waals surface area contributed by atoms with Gasteiger partial charge in [-0.05, 0) is 19.9 Å². The van der Waals surface area contributed by atoms with Crippen LogP contribution in [0, 0.1) is 11.3 Å². The second-order valence-corrected chi connectivity index (χ2v) is 3.37. The van der Waals surface area contributed by atoms with Crippen molar-refractivity contribution >= 4 is 0 Å². The smallest absolute Gasteiger partial charge is 0.195 e. The largest absolute Gasteiger partial charge is 0.475 e. The Kier molecular flexibility index (Phi) is 2.09. The highest BCUT2D eigenvalue weighted by Gasteiger charge is 2.38. The standard InChI is InChI=1S/C8H12N2O2/c1-8(2)7(11)6(10)3-5(4-9)12-8/h3,6-7,11H,10H2,1-2H3/t6?,7-/m0/s1. The molecule has 0 aromatic heterocycles. The molecule has 12 heavy (non-hydrogen) atoms. The molecule has 3 N–H and O–H groups in total. The van der Waals surface area contributed by atoms with Gasteiger partial charge >= 0.3 is 0 Å². The van der Waals surface area contributed by atoms with E-state index >= 15 is 0 Å². The first-order chi connectivity index (χ1) is 5.47. The van der Waals surface area contributed by atoms with Crippen LogP contribution in [0.25, 0.3) is 0 Å². The molecule has 1 aliphatic heterocycles. The summed E-state index contributed by atoms with van der Waals surface area (Å²) in [5.74, 6) is 0.179. The van der Waals surface area contributed by atoms with Gasteiger partial charge in [0.2, 0.25) is 0 Å². The van der Waals surface area contributed by atoms with Crippen molar-refractivity contribution in [2.24, 2.45) is 5.73 Å². The van der Waals surface area contributed by atoms with Crippen molar-refractivity contribution < 1.29 is 9.84 Å². The number of hydrogen-bond acceptors (Lipinski definition) is 4. The molecule has 0 amide bonds. The first-order valence-electron chi connectivity index (χ1n) is 3.72. The lowest BCUT2D eigenvalue weighted by atomic mass is 9.92. The number of hydrogen-bond donors (Lipinski definition) is 2. The lowest BCUT2D eigenvalue weighted by Crippen LogP contribution is -2.52. The fourth-order valence-electron chi connectivity index (χ4n) is 1.17. The Bertz CT molecular complexity index is 252. The third kappa shape index (κ3) is 1.42. The molecule has 4 nitrogen and oxygen atoms in total. The number of allylic oxidation sites excluding steroid dienone is 1. The van der Waals surface area contributed by atoms with Gasteiger partial charge in [0.15, 0.2) is 5.76 Å². The van der Waals surface area contributed by atoms with Crippen molar-refractivity contribution in [3.05, 3.63) is 11.8 Å². The Morgan fingerprint density at radius 3 is 2.75 bits per heavy atom. The van der Waals surface area contributed by atoms with Crippen LogP contribution < -0.4 is 5.73 Å². The maximum Gasteiger partial charge on any atom is 0.195 e. The third-order valence-corrected chi connectivity index (χ3v) is 1.90. The molecule has 0 saturated heterocycles. The maximum atomic E-state index is 9.51. The molecule has 0 aromatic rings. The minimum Gasteiger partial charge on any atom is -0.475 e. The van der Waals surface area contributed by atoms with E-state index in [-0.39, 0.29) is 5.76 Å². The number of aliphatic hydroxyl groups excluding tert-OH is 1. The Morgan fingerprint density at radius 1 is 1.75 bits per heavy atom. The van der Waals surface area contributed by atoms with E-state index in [2.05, 4.69) is 0 Å². The van der Waals surface area contributed by atoms with E-state index in [9.17, 15) is 5.11 Å². The van der Waals surface area contributed by atoms with Crippen molar-refractivity contribution in [1.82, 2.24) is 0 Å². The molecule has 0 aliphatic carbocycles. The highest BCUT2D eigenvalue weighted by Crippen LogP contribution is 2.25. The van der Waals surface area contributed by atoms with Gasteiger partial charge in [0.25, 0.3) is 0 Å². The summed E-state index contributed by atoms with van der Waals surface area (Å²) in [6.07, 6.45) is 0.658. The quantitative estimate of drug-likeness (QED) is 0.529. The third-order valence-electron chi connectivity index (χ3n) is 1.90. The SMILES string of the molecule is CC1(C)OC(C#N)=CC(N)[C@@H]1O. The van der Waals surface area contributed by atoms with Crippen LogP contribution in [0.1, 0.15) is 13.8 Å². The number of nitrogens with two attached hydrogens (primary N) is 1. The average Bonchev–Trinajstić information content (AvgIpc) is 1.99. The van der Waals surface area contributed by atoms with Crippen LogP contribution in [0.4, 0.5) is 0 Å². The average molecular weight is 168 g/mol. The summed E-state index contributed by atoms with van der Waals surface area (Å²) in [4.78, 5) is 0. The number of aliphatic hydroxyl groups is 1. The topological polar surface area (TPSA) is 79.3 Å². The second kappa shape index (κ2) is 2.77. The van der Waals surface area contributed by atoms with E-state index in [1.807, 2.05) is 6.07 Å². The molecule has 0 saturated carbocycles. The van der Waals surface area contributed by atoms with Crippen LogP contribution >= 0.6 is 0 Å². The van der Waals surface area contributed by atoms with Crippen molar-refractivity contribution in [2.45, 2.75) is 31.6 Å². The van der Waals surface area contributed by atoms with Crippen LogP contribution in [0.5, 0.6) is 0 Å². The molecule has 0 radical (unpaired) electrons. The van der Waals surface area contributed by atoms with E-state index in [0.29, 0.717) is 0 Å². The first-order valence-corrected chi connectivity index (χ1v) is 3.72. The van der Waals surface area contributed by atoms with Gasteiger partial charge in [-0.1, -0.05) is 0 Å². The van der Waals surface area contributed by atoms with Gasteiger partial charge in [0.1, 0.15) is 17.8 Å². The molecule has 1 rings (SSSR count). The Labute approximate surface area is 71.2 Å². The van der Waals surface area contributed by atoms with E-state index in [4.69, 9.17) is 15.7 Å². The molecular weight excluding hydrogens is 156 g/mol. The summed E-state index contributed by atoms with van der Waals surface area (Å²) in [6, 6.07) is 1.33. The Hall–Kier alpha value is -1.05. The summed E-state index contributed by atoms with van der Waals surface area (Å²) in [7, 11) is 0. The molecule has 1 unspecified atom stereocenters. The van der Waals surface area contributed by atoms with Gasteiger partial charge in [-0.25, -0.2) is 0 Å². The van der Waals surface area contributed by atoms with E-state index < -0.39 is 17.7 Å². The fourth-order valence-corrected chi connectivity index (χ4v) is 1.17. The summed E-state index contributed by atoms with van der Waals surface area (Å²) in [6.45, 7) is 3.39. The molecule has 0 spiro atoms. The normalized spacial score (nSPS) is 33.1.